The quantitative estimate of drug-likeness (QED) is 0.618. The van der Waals surface area contributed by atoms with E-state index in [1.807, 2.05) is 6.92 Å². The lowest BCUT2D eigenvalue weighted by molar-refractivity contribution is -0.385. The predicted octanol–water partition coefficient (Wildman–Crippen LogP) is 2.94. The van der Waals surface area contributed by atoms with Crippen LogP contribution in [-0.4, -0.2) is 30.2 Å². The Labute approximate surface area is 125 Å². The summed E-state index contributed by atoms with van der Waals surface area (Å²) in [6.45, 7) is 2.19. The monoisotopic (exact) mass is 312 g/mol. The van der Waals surface area contributed by atoms with E-state index < -0.39 is 14.9 Å². The predicted molar refractivity (Wildman–Crippen MR) is 79.5 cm³/mol. The van der Waals surface area contributed by atoms with Gasteiger partial charge in [0.25, 0.3) is 5.69 Å². The van der Waals surface area contributed by atoms with E-state index in [-0.39, 0.29) is 16.6 Å². The van der Waals surface area contributed by atoms with Crippen molar-refractivity contribution in [1.29, 1.82) is 0 Å². The minimum absolute atomic E-state index is 0.00382. The summed E-state index contributed by atoms with van der Waals surface area (Å²) in [5.74, 6) is 0. The number of nitrogens with zero attached hydrogens (tertiary/aromatic N) is 2. The van der Waals surface area contributed by atoms with Crippen LogP contribution in [0, 0.1) is 10.1 Å². The van der Waals surface area contributed by atoms with Crippen molar-refractivity contribution in [3.8, 4) is 0 Å². The van der Waals surface area contributed by atoms with E-state index in [1.165, 1.54) is 22.5 Å². The smallest absolute Gasteiger partial charge is 0.258 e. The second-order valence-electron chi connectivity index (χ2n) is 5.25. The van der Waals surface area contributed by atoms with Gasteiger partial charge in [-0.1, -0.05) is 32.3 Å². The van der Waals surface area contributed by atoms with Crippen LogP contribution < -0.4 is 0 Å². The fourth-order valence-corrected chi connectivity index (χ4v) is 4.62. The first-order valence-electron chi connectivity index (χ1n) is 7.23. The maximum absolute atomic E-state index is 12.7. The first-order chi connectivity index (χ1) is 9.96. The summed E-state index contributed by atoms with van der Waals surface area (Å²) in [5, 5.41) is 10.8. The molecule has 1 fully saturated rings. The Bertz CT molecular complexity index is 609. The number of nitro groups is 1. The van der Waals surface area contributed by atoms with Gasteiger partial charge in [-0.15, -0.1) is 0 Å². The lowest BCUT2D eigenvalue weighted by Crippen LogP contribution is -2.41. The number of nitro benzene ring substituents is 1. The highest BCUT2D eigenvalue weighted by Crippen LogP contribution is 2.28. The van der Waals surface area contributed by atoms with Gasteiger partial charge in [0.2, 0.25) is 10.0 Å². The van der Waals surface area contributed by atoms with Gasteiger partial charge in [0, 0.05) is 24.7 Å². The highest BCUT2D eigenvalue weighted by Gasteiger charge is 2.31. The lowest BCUT2D eigenvalue weighted by Gasteiger charge is -2.32. The van der Waals surface area contributed by atoms with E-state index in [9.17, 15) is 18.5 Å². The Hall–Kier alpha value is -1.47. The minimum atomic E-state index is -3.68. The van der Waals surface area contributed by atoms with Crippen molar-refractivity contribution in [2.75, 3.05) is 6.54 Å². The molecule has 0 atom stereocenters. The van der Waals surface area contributed by atoms with Crippen molar-refractivity contribution >= 4 is 15.7 Å². The molecule has 0 heterocycles. The summed E-state index contributed by atoms with van der Waals surface area (Å²) < 4.78 is 27.0. The Morgan fingerprint density at radius 3 is 2.52 bits per heavy atom. The third-order valence-electron chi connectivity index (χ3n) is 3.93. The molecule has 2 rings (SSSR count). The molecular weight excluding hydrogens is 292 g/mol. The zero-order valence-corrected chi connectivity index (χ0v) is 12.9. The van der Waals surface area contributed by atoms with Crippen LogP contribution in [0.15, 0.2) is 29.2 Å². The molecule has 6 nitrogen and oxygen atoms in total. The number of non-ortho nitro benzene ring substituents is 1. The Balaban J connectivity index is 2.34. The molecule has 0 N–H and O–H groups in total. The van der Waals surface area contributed by atoms with Crippen LogP contribution in [0.3, 0.4) is 0 Å². The lowest BCUT2D eigenvalue weighted by atomic mass is 9.95. The largest absolute Gasteiger partial charge is 0.270 e. The molecule has 116 valence electrons. The highest BCUT2D eigenvalue weighted by molar-refractivity contribution is 7.89. The van der Waals surface area contributed by atoms with E-state index in [0.717, 1.165) is 38.2 Å². The first kappa shape index (κ1) is 15.9. The van der Waals surface area contributed by atoms with E-state index in [0.29, 0.717) is 6.54 Å². The van der Waals surface area contributed by atoms with E-state index in [4.69, 9.17) is 0 Å². The van der Waals surface area contributed by atoms with Crippen molar-refractivity contribution in [2.45, 2.75) is 50.0 Å². The molecule has 0 aromatic heterocycles. The number of hydrogen-bond acceptors (Lipinski definition) is 4. The standard InChI is InChI=1S/C14H20N2O4S/c1-2-15(12-7-4-3-5-8-12)21(19,20)14-10-6-9-13(11-14)16(17)18/h6,9-12H,2-5,7-8H2,1H3. The van der Waals surface area contributed by atoms with Crippen molar-refractivity contribution in [3.63, 3.8) is 0 Å². The zero-order valence-electron chi connectivity index (χ0n) is 12.1. The van der Waals surface area contributed by atoms with Crippen LogP contribution in [0.25, 0.3) is 0 Å². The van der Waals surface area contributed by atoms with Crippen LogP contribution in [0.1, 0.15) is 39.0 Å². The number of benzene rings is 1. The Morgan fingerprint density at radius 1 is 1.29 bits per heavy atom. The molecule has 0 bridgehead atoms. The van der Waals surface area contributed by atoms with E-state index >= 15 is 0 Å². The van der Waals surface area contributed by atoms with Gasteiger partial charge in [-0.3, -0.25) is 10.1 Å². The van der Waals surface area contributed by atoms with Crippen LogP contribution in [0.2, 0.25) is 0 Å². The van der Waals surface area contributed by atoms with Crippen LogP contribution in [0.5, 0.6) is 0 Å². The van der Waals surface area contributed by atoms with Crippen molar-refractivity contribution in [3.05, 3.63) is 34.4 Å². The topological polar surface area (TPSA) is 80.5 Å². The van der Waals surface area contributed by atoms with E-state index in [1.54, 1.807) is 0 Å². The molecule has 0 saturated heterocycles. The molecule has 1 aromatic carbocycles. The normalized spacial score (nSPS) is 17.0. The molecule has 0 radical (unpaired) electrons. The van der Waals surface area contributed by atoms with Gasteiger partial charge in [-0.25, -0.2) is 8.42 Å². The summed E-state index contributed by atoms with van der Waals surface area (Å²) in [7, 11) is -3.68. The van der Waals surface area contributed by atoms with Gasteiger partial charge in [0.05, 0.1) is 9.82 Å². The van der Waals surface area contributed by atoms with Crippen LogP contribution in [0.4, 0.5) is 5.69 Å². The molecular formula is C14H20N2O4S. The molecule has 7 heteroatoms. The molecule has 0 aliphatic heterocycles. The molecule has 0 amide bonds. The van der Waals surface area contributed by atoms with Crippen LogP contribution >= 0.6 is 0 Å². The molecule has 1 aliphatic rings. The molecule has 21 heavy (non-hydrogen) atoms. The van der Waals surface area contributed by atoms with Gasteiger partial charge in [0.1, 0.15) is 0 Å². The van der Waals surface area contributed by atoms with Gasteiger partial charge >= 0.3 is 0 Å². The van der Waals surface area contributed by atoms with Crippen molar-refractivity contribution < 1.29 is 13.3 Å². The second-order valence-corrected chi connectivity index (χ2v) is 7.15. The van der Waals surface area contributed by atoms with Crippen LogP contribution in [-0.2, 0) is 10.0 Å². The Morgan fingerprint density at radius 2 is 1.95 bits per heavy atom. The highest BCUT2D eigenvalue weighted by atomic mass is 32.2. The molecule has 1 saturated carbocycles. The maximum Gasteiger partial charge on any atom is 0.270 e. The fraction of sp³-hybridized carbons (Fsp3) is 0.571. The van der Waals surface area contributed by atoms with Crippen molar-refractivity contribution in [1.82, 2.24) is 4.31 Å². The average molecular weight is 312 g/mol. The SMILES string of the molecule is CCN(C1CCCCC1)S(=O)(=O)c1cccc([N+](=O)[O-])c1. The molecule has 0 unspecified atom stereocenters. The minimum Gasteiger partial charge on any atom is -0.258 e. The van der Waals surface area contributed by atoms with Gasteiger partial charge in [-0.2, -0.15) is 4.31 Å². The number of hydrogen-bond donors (Lipinski definition) is 0. The molecule has 1 aromatic rings. The molecule has 1 aliphatic carbocycles. The Kier molecular flexibility index (Phi) is 4.95. The van der Waals surface area contributed by atoms with Gasteiger partial charge in [0.15, 0.2) is 0 Å². The summed E-state index contributed by atoms with van der Waals surface area (Å²) in [6, 6.07) is 5.29. The van der Waals surface area contributed by atoms with Crippen molar-refractivity contribution in [2.24, 2.45) is 0 Å². The zero-order chi connectivity index (χ0) is 15.5. The maximum atomic E-state index is 12.7. The van der Waals surface area contributed by atoms with E-state index in [2.05, 4.69) is 0 Å². The summed E-state index contributed by atoms with van der Waals surface area (Å²) in [4.78, 5) is 10.2. The van der Waals surface area contributed by atoms with Gasteiger partial charge in [-0.05, 0) is 18.9 Å². The first-order valence-corrected chi connectivity index (χ1v) is 8.67. The summed E-state index contributed by atoms with van der Waals surface area (Å²) >= 11 is 0. The number of sulfonamides is 1. The second kappa shape index (κ2) is 6.53. The fourth-order valence-electron chi connectivity index (χ4n) is 2.89. The average Bonchev–Trinajstić information content (AvgIpc) is 2.49. The molecule has 0 spiro atoms. The summed E-state index contributed by atoms with van der Waals surface area (Å²) in [6.07, 6.45) is 4.94. The summed E-state index contributed by atoms with van der Waals surface area (Å²) in [5.41, 5.74) is -0.198. The third-order valence-corrected chi connectivity index (χ3v) is 5.95. The third kappa shape index (κ3) is 3.41. The number of rotatable bonds is 5. The van der Waals surface area contributed by atoms with Gasteiger partial charge < -0.3 is 0 Å².